The number of aliphatic hydroxyl groups excluding tert-OH is 1. The topological polar surface area (TPSA) is 112 Å². The third-order valence-corrected chi connectivity index (χ3v) is 5.93. The van der Waals surface area contributed by atoms with Gasteiger partial charge in [0, 0.05) is 24.4 Å². The van der Waals surface area contributed by atoms with Crippen molar-refractivity contribution in [2.24, 2.45) is 0 Å². The predicted molar refractivity (Wildman–Crippen MR) is 112 cm³/mol. The lowest BCUT2D eigenvalue weighted by Gasteiger charge is -2.26. The summed E-state index contributed by atoms with van der Waals surface area (Å²) in [6, 6.07) is 4.13. The highest BCUT2D eigenvalue weighted by Gasteiger charge is 2.31. The second kappa shape index (κ2) is 9.85. The van der Waals surface area contributed by atoms with Crippen molar-refractivity contribution in [1.82, 2.24) is 9.55 Å². The smallest absolute Gasteiger partial charge is 0.397 e. The van der Waals surface area contributed by atoms with Gasteiger partial charge in [0.15, 0.2) is 0 Å². The molecule has 2 aliphatic heterocycles. The zero-order valence-corrected chi connectivity index (χ0v) is 18.4. The molecule has 2 N–H and O–H groups in total. The summed E-state index contributed by atoms with van der Waals surface area (Å²) in [5.74, 6) is 0.837. The van der Waals surface area contributed by atoms with E-state index in [1.165, 1.54) is 16.3 Å². The molecule has 3 unspecified atom stereocenters. The zero-order chi connectivity index (χ0) is 21.8. The minimum Gasteiger partial charge on any atom is -0.426 e. The van der Waals surface area contributed by atoms with Crippen LogP contribution in [0, 0.1) is 20.8 Å². The fraction of sp³-hybridized carbons (Fsp3) is 0.500. The summed E-state index contributed by atoms with van der Waals surface area (Å²) < 4.78 is 24.8. The summed E-state index contributed by atoms with van der Waals surface area (Å²) in [5.41, 5.74) is 2.91. The quantitative estimate of drug-likeness (QED) is 0.706. The van der Waals surface area contributed by atoms with Crippen molar-refractivity contribution in [1.29, 1.82) is 0 Å². The van der Waals surface area contributed by atoms with E-state index in [9.17, 15) is 9.59 Å². The highest BCUT2D eigenvalue weighted by atomic mass is 31.2. The minimum absolute atomic E-state index is 0.167. The van der Waals surface area contributed by atoms with Gasteiger partial charge in [-0.2, -0.15) is 0 Å². The second-order valence-electron chi connectivity index (χ2n) is 7.22. The standard InChI is InChI=1S/C19H23N2O6P.CH4O/c1-11-6-12(2)17-14(7-11)9-24-28(27-17)25-10-15-4-5-16(26-15)21-8-13(3)18(22)20-19(21)23;1-2/h6-8,15-16H,4-5,9-10H2,1-3H3,(H,20,22,23);2H,1H3. The molecule has 1 saturated heterocycles. The van der Waals surface area contributed by atoms with Crippen LogP contribution in [0.2, 0.25) is 0 Å². The molecular formula is C20H27N2O7P. The molecule has 0 bridgehead atoms. The Morgan fingerprint density at radius 1 is 1.20 bits per heavy atom. The molecule has 0 saturated carbocycles. The van der Waals surface area contributed by atoms with Crippen LogP contribution in [-0.2, 0) is 20.4 Å². The van der Waals surface area contributed by atoms with Gasteiger partial charge in [-0.1, -0.05) is 17.7 Å². The van der Waals surface area contributed by atoms with Gasteiger partial charge in [0.2, 0.25) is 0 Å². The first-order valence-electron chi connectivity index (χ1n) is 9.67. The molecule has 0 radical (unpaired) electrons. The largest absolute Gasteiger partial charge is 0.426 e. The molecular weight excluding hydrogens is 411 g/mol. The molecule has 1 aromatic carbocycles. The van der Waals surface area contributed by atoms with Gasteiger partial charge in [0.05, 0.1) is 19.3 Å². The number of rotatable bonds is 4. The molecule has 9 nitrogen and oxygen atoms in total. The van der Waals surface area contributed by atoms with E-state index in [0.717, 1.165) is 30.4 Å². The first kappa shape index (κ1) is 22.7. The number of hydrogen-bond donors (Lipinski definition) is 2. The molecule has 10 heteroatoms. The first-order valence-corrected chi connectivity index (χ1v) is 10.8. The predicted octanol–water partition coefficient (Wildman–Crippen LogP) is 2.60. The maximum atomic E-state index is 12.0. The van der Waals surface area contributed by atoms with E-state index in [0.29, 0.717) is 25.2 Å². The lowest BCUT2D eigenvalue weighted by atomic mass is 10.1. The molecule has 1 aromatic heterocycles. The van der Waals surface area contributed by atoms with E-state index < -0.39 is 20.5 Å². The van der Waals surface area contributed by atoms with Crippen molar-refractivity contribution in [3.63, 3.8) is 0 Å². The number of hydrogen-bond acceptors (Lipinski definition) is 7. The third kappa shape index (κ3) is 4.99. The normalized spacial score (nSPS) is 22.6. The Hall–Kier alpha value is -2.03. The molecule has 3 atom stereocenters. The highest BCUT2D eigenvalue weighted by molar-refractivity contribution is 7.42. The van der Waals surface area contributed by atoms with Crippen molar-refractivity contribution in [3.05, 3.63) is 61.4 Å². The van der Waals surface area contributed by atoms with Crippen molar-refractivity contribution in [3.8, 4) is 5.75 Å². The Labute approximate surface area is 175 Å². The lowest BCUT2D eigenvalue weighted by Crippen LogP contribution is -2.33. The summed E-state index contributed by atoms with van der Waals surface area (Å²) in [6.07, 6.45) is 2.37. The van der Waals surface area contributed by atoms with Crippen molar-refractivity contribution in [2.75, 3.05) is 13.7 Å². The second-order valence-corrected chi connectivity index (χ2v) is 8.37. The highest BCUT2D eigenvalue weighted by Crippen LogP contribution is 2.49. The van der Waals surface area contributed by atoms with Gasteiger partial charge in [-0.05, 0) is 39.2 Å². The Balaban J connectivity index is 0.00000124. The fourth-order valence-electron chi connectivity index (χ4n) is 3.52. The molecule has 4 rings (SSSR count). The molecule has 1 fully saturated rings. The SMILES string of the molecule is CO.Cc1cc(C)c2c(c1)COP(OCC1CCC(n3cc(C)c(=O)[nH]c3=O)O1)O2. The van der Waals surface area contributed by atoms with Crippen molar-refractivity contribution < 1.29 is 23.4 Å². The van der Waals surface area contributed by atoms with Crippen molar-refractivity contribution >= 4 is 8.60 Å². The van der Waals surface area contributed by atoms with Gasteiger partial charge in [-0.3, -0.25) is 23.4 Å². The van der Waals surface area contributed by atoms with Crippen LogP contribution in [0.5, 0.6) is 5.75 Å². The van der Waals surface area contributed by atoms with Gasteiger partial charge in [-0.25, -0.2) is 4.79 Å². The van der Waals surface area contributed by atoms with Gasteiger partial charge in [0.1, 0.15) is 12.0 Å². The number of nitrogens with one attached hydrogen (secondary N) is 1. The zero-order valence-electron chi connectivity index (χ0n) is 17.5. The average molecular weight is 438 g/mol. The molecule has 2 aliphatic rings. The van der Waals surface area contributed by atoms with Crippen LogP contribution >= 0.6 is 8.60 Å². The summed E-state index contributed by atoms with van der Waals surface area (Å²) in [6.45, 7) is 6.50. The molecule has 3 heterocycles. The number of ether oxygens (including phenoxy) is 1. The number of aromatic nitrogens is 2. The average Bonchev–Trinajstić information content (AvgIpc) is 3.19. The fourth-order valence-corrected chi connectivity index (χ4v) is 4.65. The Morgan fingerprint density at radius 2 is 1.97 bits per heavy atom. The Kier molecular flexibility index (Phi) is 7.44. The number of aliphatic hydroxyl groups is 1. The maximum absolute atomic E-state index is 12.0. The molecule has 0 amide bonds. The Bertz CT molecular complexity index is 1000. The summed E-state index contributed by atoms with van der Waals surface area (Å²) in [4.78, 5) is 25.9. The monoisotopic (exact) mass is 438 g/mol. The van der Waals surface area contributed by atoms with Crippen LogP contribution in [0.1, 0.15) is 41.3 Å². The number of H-pyrrole nitrogens is 1. The number of benzene rings is 1. The number of aryl methyl sites for hydroxylation is 3. The lowest BCUT2D eigenvalue weighted by molar-refractivity contribution is -0.0230. The van der Waals surface area contributed by atoms with E-state index >= 15 is 0 Å². The number of nitrogens with zero attached hydrogens (tertiary/aromatic N) is 1. The van der Waals surface area contributed by atoms with Crippen LogP contribution in [-0.4, -0.2) is 34.5 Å². The Morgan fingerprint density at radius 3 is 2.73 bits per heavy atom. The summed E-state index contributed by atoms with van der Waals surface area (Å²) in [5, 5.41) is 7.00. The van der Waals surface area contributed by atoms with E-state index in [1.54, 1.807) is 6.92 Å². The van der Waals surface area contributed by atoms with Gasteiger partial charge in [-0.15, -0.1) is 0 Å². The van der Waals surface area contributed by atoms with Crippen LogP contribution < -0.4 is 15.8 Å². The van der Waals surface area contributed by atoms with E-state index in [4.69, 9.17) is 23.4 Å². The number of aromatic amines is 1. The van der Waals surface area contributed by atoms with Crippen molar-refractivity contribution in [2.45, 2.75) is 52.6 Å². The van der Waals surface area contributed by atoms with Crippen LogP contribution in [0.3, 0.4) is 0 Å². The summed E-state index contributed by atoms with van der Waals surface area (Å²) >= 11 is 0. The van der Waals surface area contributed by atoms with Crippen LogP contribution in [0.25, 0.3) is 0 Å². The van der Waals surface area contributed by atoms with Gasteiger partial charge < -0.3 is 14.4 Å². The molecule has 0 spiro atoms. The van der Waals surface area contributed by atoms with Gasteiger partial charge >= 0.3 is 14.3 Å². The molecule has 30 heavy (non-hydrogen) atoms. The van der Waals surface area contributed by atoms with Gasteiger partial charge in [0.25, 0.3) is 5.56 Å². The molecule has 164 valence electrons. The van der Waals surface area contributed by atoms with E-state index in [2.05, 4.69) is 17.1 Å². The van der Waals surface area contributed by atoms with E-state index in [1.807, 2.05) is 13.8 Å². The van der Waals surface area contributed by atoms with E-state index in [-0.39, 0.29) is 11.7 Å². The minimum atomic E-state index is -1.48. The molecule has 0 aliphatic carbocycles. The first-order chi connectivity index (χ1) is 14.4. The van der Waals surface area contributed by atoms with Crippen LogP contribution in [0.15, 0.2) is 27.9 Å². The maximum Gasteiger partial charge on any atom is 0.397 e. The number of fused-ring (bicyclic) bond motifs is 1. The molecule has 2 aromatic rings. The van der Waals surface area contributed by atoms with Crippen LogP contribution in [0.4, 0.5) is 0 Å². The summed E-state index contributed by atoms with van der Waals surface area (Å²) in [7, 11) is -0.481. The third-order valence-electron chi connectivity index (χ3n) is 4.89.